The topological polar surface area (TPSA) is 54.4 Å². The Morgan fingerprint density at radius 3 is 2.22 bits per heavy atom. The van der Waals surface area contributed by atoms with Crippen LogP contribution in [0.5, 0.6) is 0 Å². The minimum absolute atomic E-state index is 0.0862. The molecule has 0 saturated heterocycles. The first kappa shape index (κ1) is 12.8. The first-order chi connectivity index (χ1) is 8.40. The number of benzene rings is 1. The maximum Gasteiger partial charge on any atom is 0.304 e. The highest BCUT2D eigenvalue weighted by Crippen LogP contribution is 2.33. The zero-order chi connectivity index (χ0) is 13.3. The number of hydrogen-bond donors (Lipinski definition) is 1. The van der Waals surface area contributed by atoms with Gasteiger partial charge in [0.25, 0.3) is 0 Å². The third-order valence-corrected chi connectivity index (χ3v) is 3.49. The van der Waals surface area contributed by atoms with Crippen LogP contribution < -0.4 is 0 Å². The maximum absolute atomic E-state index is 11.9. The number of carbonyl (C=O) groups excluding carboxylic acids is 1. The molecule has 0 aromatic heterocycles. The van der Waals surface area contributed by atoms with Gasteiger partial charge in [0.05, 0.1) is 6.42 Å². The fourth-order valence-electron chi connectivity index (χ4n) is 2.15. The summed E-state index contributed by atoms with van der Waals surface area (Å²) in [6.45, 7) is 3.80. The van der Waals surface area contributed by atoms with Crippen LogP contribution in [0.4, 0.5) is 0 Å². The van der Waals surface area contributed by atoms with Crippen LogP contribution >= 0.6 is 0 Å². The lowest BCUT2D eigenvalue weighted by Crippen LogP contribution is -2.21. The molecule has 0 bridgehead atoms. The standard InChI is InChI=1S/C15H18O3/c1-15(2,9-13(16)17)12-7-5-11(6-8-12)14(18)10-3-4-10/h5-8,10H,3-4,9H2,1-2H3,(H,16,17). The van der Waals surface area contributed by atoms with Crippen molar-refractivity contribution in [2.24, 2.45) is 5.92 Å². The second kappa shape index (κ2) is 4.56. The third-order valence-electron chi connectivity index (χ3n) is 3.49. The molecule has 18 heavy (non-hydrogen) atoms. The van der Waals surface area contributed by atoms with Gasteiger partial charge in [0, 0.05) is 16.9 Å². The van der Waals surface area contributed by atoms with E-state index in [0.717, 1.165) is 24.0 Å². The Hall–Kier alpha value is -1.64. The molecule has 0 radical (unpaired) electrons. The lowest BCUT2D eigenvalue weighted by molar-refractivity contribution is -0.138. The minimum Gasteiger partial charge on any atom is -0.481 e. The molecule has 0 amide bonds. The summed E-state index contributed by atoms with van der Waals surface area (Å²) in [7, 11) is 0. The van der Waals surface area contributed by atoms with E-state index < -0.39 is 11.4 Å². The van der Waals surface area contributed by atoms with Gasteiger partial charge in [-0.2, -0.15) is 0 Å². The predicted octanol–water partition coefficient (Wildman–Crippen LogP) is 3.03. The molecule has 1 aromatic rings. The van der Waals surface area contributed by atoms with Crippen molar-refractivity contribution in [3.8, 4) is 0 Å². The van der Waals surface area contributed by atoms with Gasteiger partial charge in [-0.1, -0.05) is 38.1 Å². The van der Waals surface area contributed by atoms with E-state index in [1.807, 2.05) is 38.1 Å². The Kier molecular flexibility index (Phi) is 3.24. The van der Waals surface area contributed by atoms with Crippen molar-refractivity contribution in [3.63, 3.8) is 0 Å². The van der Waals surface area contributed by atoms with Crippen molar-refractivity contribution < 1.29 is 14.7 Å². The van der Waals surface area contributed by atoms with Crippen molar-refractivity contribution in [2.45, 2.75) is 38.5 Å². The molecule has 0 unspecified atom stereocenters. The second-order valence-electron chi connectivity index (χ2n) is 5.67. The first-order valence-electron chi connectivity index (χ1n) is 6.27. The second-order valence-corrected chi connectivity index (χ2v) is 5.67. The molecule has 0 aliphatic heterocycles. The Labute approximate surface area is 107 Å². The molecule has 1 aliphatic carbocycles. The number of rotatable bonds is 5. The van der Waals surface area contributed by atoms with Crippen LogP contribution in [0.25, 0.3) is 0 Å². The van der Waals surface area contributed by atoms with E-state index in [2.05, 4.69) is 0 Å². The number of Topliss-reactive ketones (excluding diaryl/α,β-unsaturated/α-hetero) is 1. The fraction of sp³-hybridized carbons (Fsp3) is 0.467. The smallest absolute Gasteiger partial charge is 0.304 e. The molecule has 0 atom stereocenters. The van der Waals surface area contributed by atoms with E-state index in [9.17, 15) is 9.59 Å². The van der Waals surface area contributed by atoms with Crippen LogP contribution in [0.2, 0.25) is 0 Å². The van der Waals surface area contributed by atoms with Gasteiger partial charge in [0.1, 0.15) is 0 Å². The summed E-state index contributed by atoms with van der Waals surface area (Å²) >= 11 is 0. The van der Waals surface area contributed by atoms with Gasteiger partial charge >= 0.3 is 5.97 Å². The van der Waals surface area contributed by atoms with Gasteiger partial charge in [0.2, 0.25) is 0 Å². The molecule has 1 fully saturated rings. The van der Waals surface area contributed by atoms with E-state index >= 15 is 0 Å². The Morgan fingerprint density at radius 1 is 1.22 bits per heavy atom. The normalized spacial score (nSPS) is 15.4. The summed E-state index contributed by atoms with van der Waals surface area (Å²) in [4.78, 5) is 22.7. The van der Waals surface area contributed by atoms with E-state index in [4.69, 9.17) is 5.11 Å². The molecular formula is C15H18O3. The summed E-state index contributed by atoms with van der Waals surface area (Å²) in [6.07, 6.45) is 2.10. The molecule has 96 valence electrons. The summed E-state index contributed by atoms with van der Waals surface area (Å²) < 4.78 is 0. The Balaban J connectivity index is 2.16. The van der Waals surface area contributed by atoms with Crippen LogP contribution in [0, 0.1) is 5.92 Å². The van der Waals surface area contributed by atoms with Crippen molar-refractivity contribution in [1.82, 2.24) is 0 Å². The average molecular weight is 246 g/mol. The lowest BCUT2D eigenvalue weighted by atomic mass is 9.81. The number of aliphatic carboxylic acids is 1. The summed E-state index contributed by atoms with van der Waals surface area (Å²) in [6, 6.07) is 7.39. The van der Waals surface area contributed by atoms with Gasteiger partial charge in [-0.3, -0.25) is 9.59 Å². The highest BCUT2D eigenvalue weighted by Gasteiger charge is 2.30. The van der Waals surface area contributed by atoms with Gasteiger partial charge in [-0.25, -0.2) is 0 Å². The highest BCUT2D eigenvalue weighted by atomic mass is 16.4. The number of carboxylic acid groups (broad SMARTS) is 1. The molecule has 1 saturated carbocycles. The van der Waals surface area contributed by atoms with E-state index in [1.54, 1.807) is 0 Å². The van der Waals surface area contributed by atoms with Gasteiger partial charge < -0.3 is 5.11 Å². The molecule has 2 rings (SSSR count). The van der Waals surface area contributed by atoms with E-state index in [1.165, 1.54) is 0 Å². The van der Waals surface area contributed by atoms with Gasteiger partial charge in [-0.05, 0) is 18.4 Å². The number of ketones is 1. The quantitative estimate of drug-likeness (QED) is 0.812. The molecule has 0 heterocycles. The van der Waals surface area contributed by atoms with Gasteiger partial charge in [-0.15, -0.1) is 0 Å². The van der Waals surface area contributed by atoms with Gasteiger partial charge in [0.15, 0.2) is 5.78 Å². The number of carbonyl (C=O) groups is 2. The molecule has 3 heteroatoms. The molecule has 1 N–H and O–H groups in total. The zero-order valence-electron chi connectivity index (χ0n) is 10.8. The lowest BCUT2D eigenvalue weighted by Gasteiger charge is -2.23. The van der Waals surface area contributed by atoms with Crippen molar-refractivity contribution >= 4 is 11.8 Å². The van der Waals surface area contributed by atoms with E-state index in [-0.39, 0.29) is 18.1 Å². The predicted molar refractivity (Wildman–Crippen MR) is 68.8 cm³/mol. The van der Waals surface area contributed by atoms with Crippen LogP contribution in [0.15, 0.2) is 24.3 Å². The molecular weight excluding hydrogens is 228 g/mol. The SMILES string of the molecule is CC(C)(CC(=O)O)c1ccc(C(=O)C2CC2)cc1. The minimum atomic E-state index is -0.807. The summed E-state index contributed by atoms with van der Waals surface area (Å²) in [5.74, 6) is -0.362. The van der Waals surface area contributed by atoms with Crippen LogP contribution in [0.3, 0.4) is 0 Å². The van der Waals surface area contributed by atoms with Crippen LogP contribution in [-0.4, -0.2) is 16.9 Å². The zero-order valence-corrected chi connectivity index (χ0v) is 10.8. The monoisotopic (exact) mass is 246 g/mol. The summed E-state index contributed by atoms with van der Waals surface area (Å²) in [5, 5.41) is 8.88. The molecule has 1 aromatic carbocycles. The number of carboxylic acids is 1. The molecule has 0 spiro atoms. The summed E-state index contributed by atoms with van der Waals surface area (Å²) in [5.41, 5.74) is 1.29. The van der Waals surface area contributed by atoms with E-state index in [0.29, 0.717) is 0 Å². The van der Waals surface area contributed by atoms with Crippen molar-refractivity contribution in [3.05, 3.63) is 35.4 Å². The Bertz CT molecular complexity index is 467. The third kappa shape index (κ3) is 2.78. The molecule has 1 aliphatic rings. The average Bonchev–Trinajstić information content (AvgIpc) is 3.10. The number of hydrogen-bond acceptors (Lipinski definition) is 2. The fourth-order valence-corrected chi connectivity index (χ4v) is 2.15. The highest BCUT2D eigenvalue weighted by molar-refractivity contribution is 5.99. The van der Waals surface area contributed by atoms with Crippen LogP contribution in [0.1, 0.15) is 49.0 Å². The largest absolute Gasteiger partial charge is 0.481 e. The first-order valence-corrected chi connectivity index (χ1v) is 6.27. The maximum atomic E-state index is 11.9. The Morgan fingerprint density at radius 2 is 1.78 bits per heavy atom. The van der Waals surface area contributed by atoms with Crippen LogP contribution in [-0.2, 0) is 10.2 Å². The van der Waals surface area contributed by atoms with Crippen molar-refractivity contribution in [1.29, 1.82) is 0 Å². The molecule has 3 nitrogen and oxygen atoms in total. The van der Waals surface area contributed by atoms with Crippen molar-refractivity contribution in [2.75, 3.05) is 0 Å².